The normalized spacial score (nSPS) is 20.8. The first-order chi connectivity index (χ1) is 6.65. The average Bonchev–Trinajstić information content (AvgIpc) is 2.95. The average molecular weight is 338 g/mol. The van der Waals surface area contributed by atoms with Gasteiger partial charge < -0.3 is 0 Å². The zero-order valence-electron chi connectivity index (χ0n) is 8.22. The van der Waals surface area contributed by atoms with E-state index in [9.17, 15) is 0 Å². The predicted octanol–water partition coefficient (Wildman–Crippen LogP) is 4.86. The summed E-state index contributed by atoms with van der Waals surface area (Å²) in [5, 5.41) is 3.29. The van der Waals surface area contributed by atoms with Gasteiger partial charge in [-0.15, -0.1) is 11.3 Å². The van der Waals surface area contributed by atoms with Crippen LogP contribution in [0.1, 0.15) is 24.6 Å². The Morgan fingerprint density at radius 1 is 1.57 bits per heavy atom. The number of halogens is 2. The maximum atomic E-state index is 3.67. The molecule has 0 amide bonds. The topological polar surface area (TPSA) is 0 Å². The minimum atomic E-state index is 0.466. The molecule has 1 unspecified atom stereocenters. The molecule has 2 rings (SSSR count). The highest BCUT2D eigenvalue weighted by Gasteiger charge is 2.40. The molecule has 0 nitrogen and oxygen atoms in total. The zero-order chi connectivity index (χ0) is 10.2. The maximum Gasteiger partial charge on any atom is 0.0314 e. The molecule has 1 aromatic heterocycles. The van der Waals surface area contributed by atoms with Gasteiger partial charge in [-0.05, 0) is 58.0 Å². The van der Waals surface area contributed by atoms with Gasteiger partial charge >= 0.3 is 0 Å². The fraction of sp³-hybridized carbons (Fsp3) is 0.636. The standard InChI is InChI=1S/C11H14Br2S/c1-11(7-12,8-2-3-8)6-10-9(13)4-5-14-10/h4-5,8H,2-3,6-7H2,1H3. The van der Waals surface area contributed by atoms with Gasteiger partial charge in [-0.25, -0.2) is 0 Å². The van der Waals surface area contributed by atoms with E-state index in [0.29, 0.717) is 5.41 Å². The van der Waals surface area contributed by atoms with Gasteiger partial charge in [0.15, 0.2) is 0 Å². The summed E-state index contributed by atoms with van der Waals surface area (Å²) in [4.78, 5) is 1.50. The maximum absolute atomic E-state index is 3.67. The van der Waals surface area contributed by atoms with Crippen molar-refractivity contribution in [2.24, 2.45) is 11.3 Å². The molecule has 0 aromatic carbocycles. The first-order valence-electron chi connectivity index (χ1n) is 4.93. The van der Waals surface area contributed by atoms with Crippen LogP contribution in [0.3, 0.4) is 0 Å². The summed E-state index contributed by atoms with van der Waals surface area (Å²) in [7, 11) is 0. The van der Waals surface area contributed by atoms with Crippen molar-refractivity contribution in [2.45, 2.75) is 26.2 Å². The summed E-state index contributed by atoms with van der Waals surface area (Å²) >= 11 is 9.15. The van der Waals surface area contributed by atoms with Gasteiger partial charge in [0.2, 0.25) is 0 Å². The lowest BCUT2D eigenvalue weighted by molar-refractivity contribution is 0.321. The van der Waals surface area contributed by atoms with E-state index in [2.05, 4.69) is 50.2 Å². The van der Waals surface area contributed by atoms with Crippen molar-refractivity contribution >= 4 is 43.2 Å². The van der Waals surface area contributed by atoms with E-state index in [1.165, 1.54) is 28.6 Å². The van der Waals surface area contributed by atoms with Gasteiger partial charge in [0.1, 0.15) is 0 Å². The van der Waals surface area contributed by atoms with E-state index in [0.717, 1.165) is 11.2 Å². The van der Waals surface area contributed by atoms with Crippen LogP contribution in [0, 0.1) is 11.3 Å². The fourth-order valence-electron chi connectivity index (χ4n) is 1.90. The minimum absolute atomic E-state index is 0.466. The Hall–Kier alpha value is 0.660. The lowest BCUT2D eigenvalue weighted by Crippen LogP contribution is -2.23. The van der Waals surface area contributed by atoms with Gasteiger partial charge in [0.25, 0.3) is 0 Å². The largest absolute Gasteiger partial charge is 0.148 e. The number of rotatable bonds is 4. The Labute approximate surface area is 106 Å². The molecule has 1 aromatic rings. The Morgan fingerprint density at radius 2 is 2.29 bits per heavy atom. The van der Waals surface area contributed by atoms with E-state index in [1.54, 1.807) is 0 Å². The van der Waals surface area contributed by atoms with E-state index in [1.807, 2.05) is 11.3 Å². The van der Waals surface area contributed by atoms with Crippen LogP contribution in [0.15, 0.2) is 15.9 Å². The van der Waals surface area contributed by atoms with E-state index in [-0.39, 0.29) is 0 Å². The molecule has 0 saturated heterocycles. The van der Waals surface area contributed by atoms with Crippen LogP contribution in [0.5, 0.6) is 0 Å². The number of hydrogen-bond donors (Lipinski definition) is 0. The van der Waals surface area contributed by atoms with Crippen LogP contribution in [0.2, 0.25) is 0 Å². The summed E-state index contributed by atoms with van der Waals surface area (Å²) in [5.41, 5.74) is 0.466. The van der Waals surface area contributed by atoms with Gasteiger partial charge in [-0.3, -0.25) is 0 Å². The third-order valence-electron chi connectivity index (χ3n) is 3.12. The van der Waals surface area contributed by atoms with Crippen molar-refractivity contribution < 1.29 is 0 Å². The van der Waals surface area contributed by atoms with Gasteiger partial charge in [-0.1, -0.05) is 22.9 Å². The van der Waals surface area contributed by atoms with Crippen LogP contribution in [0.4, 0.5) is 0 Å². The summed E-state index contributed by atoms with van der Waals surface area (Å²) in [6, 6.07) is 2.15. The van der Waals surface area contributed by atoms with Crippen molar-refractivity contribution in [1.29, 1.82) is 0 Å². The molecule has 1 aliphatic carbocycles. The zero-order valence-corrected chi connectivity index (χ0v) is 12.2. The van der Waals surface area contributed by atoms with Crippen LogP contribution >= 0.6 is 43.2 Å². The third-order valence-corrected chi connectivity index (χ3v) is 6.33. The van der Waals surface area contributed by atoms with Crippen molar-refractivity contribution in [3.05, 3.63) is 20.8 Å². The predicted molar refractivity (Wildman–Crippen MR) is 70.3 cm³/mol. The molecule has 1 heterocycles. The molecule has 0 spiro atoms. The van der Waals surface area contributed by atoms with E-state index < -0.39 is 0 Å². The Kier molecular flexibility index (Phi) is 3.40. The third kappa shape index (κ3) is 2.25. The number of thiophene rings is 1. The lowest BCUT2D eigenvalue weighted by Gasteiger charge is -2.26. The summed E-state index contributed by atoms with van der Waals surface area (Å²) in [6.45, 7) is 2.41. The molecule has 14 heavy (non-hydrogen) atoms. The van der Waals surface area contributed by atoms with Crippen LogP contribution < -0.4 is 0 Å². The molecule has 1 saturated carbocycles. The van der Waals surface area contributed by atoms with Crippen LogP contribution in [-0.2, 0) is 6.42 Å². The van der Waals surface area contributed by atoms with E-state index in [4.69, 9.17) is 0 Å². The molecule has 1 atom stereocenters. The molecule has 3 heteroatoms. The fourth-order valence-corrected chi connectivity index (χ4v) is 4.24. The molecule has 78 valence electrons. The first kappa shape index (κ1) is 11.2. The second-order valence-corrected chi connectivity index (χ2v) is 6.85. The minimum Gasteiger partial charge on any atom is -0.148 e. The summed E-state index contributed by atoms with van der Waals surface area (Å²) < 4.78 is 1.29. The monoisotopic (exact) mass is 336 g/mol. The molecule has 0 radical (unpaired) electrons. The lowest BCUT2D eigenvalue weighted by atomic mass is 9.83. The van der Waals surface area contributed by atoms with Gasteiger partial charge in [0.05, 0.1) is 0 Å². The molecule has 0 aliphatic heterocycles. The van der Waals surface area contributed by atoms with Crippen molar-refractivity contribution in [1.82, 2.24) is 0 Å². The second-order valence-electron chi connectivity index (χ2n) is 4.43. The van der Waals surface area contributed by atoms with Crippen LogP contribution in [-0.4, -0.2) is 5.33 Å². The van der Waals surface area contributed by atoms with Crippen molar-refractivity contribution in [3.8, 4) is 0 Å². The molecule has 0 N–H and O–H groups in total. The van der Waals surface area contributed by atoms with Gasteiger partial charge in [0, 0.05) is 14.7 Å². The molecule has 1 aliphatic rings. The highest BCUT2D eigenvalue weighted by atomic mass is 79.9. The highest BCUT2D eigenvalue weighted by molar-refractivity contribution is 9.10. The van der Waals surface area contributed by atoms with Gasteiger partial charge in [-0.2, -0.15) is 0 Å². The SMILES string of the molecule is CC(CBr)(Cc1sccc1Br)C1CC1. The number of alkyl halides is 1. The second kappa shape index (κ2) is 4.26. The smallest absolute Gasteiger partial charge is 0.0314 e. The summed E-state index contributed by atoms with van der Waals surface area (Å²) in [6.07, 6.45) is 4.05. The summed E-state index contributed by atoms with van der Waals surface area (Å²) in [5.74, 6) is 0.941. The molecular weight excluding hydrogens is 324 g/mol. The Balaban J connectivity index is 2.11. The van der Waals surface area contributed by atoms with Crippen LogP contribution in [0.25, 0.3) is 0 Å². The molecular formula is C11H14Br2S. The highest BCUT2D eigenvalue weighted by Crippen LogP contribution is 2.49. The first-order valence-corrected chi connectivity index (χ1v) is 7.73. The Morgan fingerprint density at radius 3 is 2.71 bits per heavy atom. The Bertz CT molecular complexity index is 317. The quantitative estimate of drug-likeness (QED) is 0.688. The van der Waals surface area contributed by atoms with E-state index >= 15 is 0 Å². The number of hydrogen-bond acceptors (Lipinski definition) is 1. The van der Waals surface area contributed by atoms with Crippen molar-refractivity contribution in [2.75, 3.05) is 5.33 Å². The molecule has 0 bridgehead atoms. The molecule has 1 fully saturated rings. The van der Waals surface area contributed by atoms with Crippen molar-refractivity contribution in [3.63, 3.8) is 0 Å².